The van der Waals surface area contributed by atoms with Gasteiger partial charge in [-0.2, -0.15) is 0 Å². The van der Waals surface area contributed by atoms with Crippen LogP contribution in [0.3, 0.4) is 0 Å². The zero-order chi connectivity index (χ0) is 9.26. The van der Waals surface area contributed by atoms with Crippen LogP contribution in [0.5, 0.6) is 0 Å². The van der Waals surface area contributed by atoms with Gasteiger partial charge in [-0.3, -0.25) is 0 Å². The van der Waals surface area contributed by atoms with E-state index in [4.69, 9.17) is 5.11 Å². The van der Waals surface area contributed by atoms with Crippen LogP contribution in [0, 0.1) is 23.7 Å². The molecule has 0 saturated heterocycles. The van der Waals surface area contributed by atoms with E-state index in [1.807, 2.05) is 0 Å². The van der Waals surface area contributed by atoms with E-state index in [9.17, 15) is 0 Å². The Hall–Kier alpha value is -0.0400. The molecule has 0 aromatic rings. The lowest BCUT2D eigenvalue weighted by atomic mass is 9.56. The molecule has 0 atom stereocenters. The van der Waals surface area contributed by atoms with Crippen LogP contribution in [0.4, 0.5) is 0 Å². The molecular weight excluding hydrogens is 160 g/mol. The van der Waals surface area contributed by atoms with Gasteiger partial charge in [-0.05, 0) is 69.1 Å². The standard InChI is InChI=1S/C10H16.C2H6O/c1-7-2-9-4-8(1)5-10(3-7)6-9;1-2-3/h7-10H,1-6H2;3H,2H2,1H3. The molecule has 4 fully saturated rings. The molecule has 0 unspecified atom stereocenters. The number of aliphatic hydroxyl groups is 1. The lowest BCUT2D eigenvalue weighted by molar-refractivity contribution is 0.0198. The minimum absolute atomic E-state index is 0.250. The lowest BCUT2D eigenvalue weighted by Gasteiger charge is -2.49. The molecule has 0 heterocycles. The molecule has 13 heavy (non-hydrogen) atoms. The zero-order valence-corrected chi connectivity index (χ0v) is 8.71. The first kappa shape index (κ1) is 9.51. The fourth-order valence-corrected chi connectivity index (χ4v) is 3.98. The van der Waals surface area contributed by atoms with E-state index in [0.29, 0.717) is 0 Å². The van der Waals surface area contributed by atoms with Gasteiger partial charge in [0.15, 0.2) is 0 Å². The Labute approximate surface area is 81.5 Å². The first-order valence-electron chi connectivity index (χ1n) is 5.92. The predicted octanol–water partition coefficient (Wildman–Crippen LogP) is 2.83. The third-order valence-electron chi connectivity index (χ3n) is 4.00. The number of hydrogen-bond donors (Lipinski definition) is 1. The van der Waals surface area contributed by atoms with Crippen molar-refractivity contribution in [1.82, 2.24) is 0 Å². The molecule has 4 rings (SSSR count). The van der Waals surface area contributed by atoms with Crippen LogP contribution in [0.15, 0.2) is 0 Å². The van der Waals surface area contributed by atoms with Crippen molar-refractivity contribution in [2.45, 2.75) is 45.4 Å². The van der Waals surface area contributed by atoms with Crippen LogP contribution >= 0.6 is 0 Å². The molecule has 0 radical (unpaired) electrons. The number of hydrogen-bond acceptors (Lipinski definition) is 1. The highest BCUT2D eigenvalue weighted by molar-refractivity contribution is 4.92. The van der Waals surface area contributed by atoms with Gasteiger partial charge in [0, 0.05) is 6.61 Å². The molecule has 4 aliphatic rings. The van der Waals surface area contributed by atoms with E-state index >= 15 is 0 Å². The monoisotopic (exact) mass is 182 g/mol. The first-order chi connectivity index (χ1) is 6.31. The van der Waals surface area contributed by atoms with E-state index in [0.717, 1.165) is 0 Å². The van der Waals surface area contributed by atoms with E-state index < -0.39 is 0 Å². The van der Waals surface area contributed by atoms with Gasteiger partial charge in [-0.15, -0.1) is 0 Å². The minimum Gasteiger partial charge on any atom is -0.397 e. The zero-order valence-electron chi connectivity index (χ0n) is 8.71. The van der Waals surface area contributed by atoms with E-state index in [-0.39, 0.29) is 6.61 Å². The van der Waals surface area contributed by atoms with E-state index in [2.05, 4.69) is 0 Å². The van der Waals surface area contributed by atoms with Crippen molar-refractivity contribution < 1.29 is 5.11 Å². The normalized spacial score (nSPS) is 45.7. The van der Waals surface area contributed by atoms with Gasteiger partial charge in [0.1, 0.15) is 0 Å². The molecular formula is C12H22O. The second-order valence-electron chi connectivity index (χ2n) is 5.19. The summed E-state index contributed by atoms with van der Waals surface area (Å²) in [5.74, 6) is 4.71. The van der Waals surface area contributed by atoms with Crippen molar-refractivity contribution in [3.63, 3.8) is 0 Å². The molecule has 0 spiro atoms. The summed E-state index contributed by atoms with van der Waals surface area (Å²) in [4.78, 5) is 0. The van der Waals surface area contributed by atoms with Crippen molar-refractivity contribution >= 4 is 0 Å². The molecule has 1 nitrogen and oxygen atoms in total. The van der Waals surface area contributed by atoms with Crippen LogP contribution in [-0.4, -0.2) is 11.7 Å². The molecule has 4 aliphatic carbocycles. The number of aliphatic hydroxyl groups excluding tert-OH is 1. The second kappa shape index (κ2) is 4.00. The highest BCUT2D eigenvalue weighted by atomic mass is 16.2. The Kier molecular flexibility index (Phi) is 2.92. The fourth-order valence-electron chi connectivity index (χ4n) is 3.98. The van der Waals surface area contributed by atoms with Gasteiger partial charge in [0.2, 0.25) is 0 Å². The topological polar surface area (TPSA) is 20.2 Å². The molecule has 1 heteroatoms. The van der Waals surface area contributed by atoms with Crippen LogP contribution in [-0.2, 0) is 0 Å². The average Bonchev–Trinajstić information content (AvgIpc) is 2.01. The summed E-state index contributed by atoms with van der Waals surface area (Å²) < 4.78 is 0. The smallest absolute Gasteiger partial charge is 0.0402 e. The molecule has 1 N–H and O–H groups in total. The summed E-state index contributed by atoms with van der Waals surface area (Å²) in [6.45, 7) is 1.93. The lowest BCUT2D eigenvalue weighted by Crippen LogP contribution is -2.38. The van der Waals surface area contributed by atoms with Gasteiger partial charge < -0.3 is 5.11 Å². The predicted molar refractivity (Wildman–Crippen MR) is 54.4 cm³/mol. The summed E-state index contributed by atoms with van der Waals surface area (Å²) in [6.07, 6.45) is 9.62. The quantitative estimate of drug-likeness (QED) is 0.611. The Morgan fingerprint density at radius 2 is 0.923 bits per heavy atom. The summed E-state index contributed by atoms with van der Waals surface area (Å²) in [5.41, 5.74) is 0. The highest BCUT2D eigenvalue weighted by Gasteiger charge is 2.41. The third kappa shape index (κ3) is 2.07. The molecule has 0 aliphatic heterocycles. The maximum Gasteiger partial charge on any atom is 0.0402 e. The minimum atomic E-state index is 0.250. The van der Waals surface area contributed by atoms with E-state index in [1.54, 1.807) is 45.4 Å². The molecule has 4 bridgehead atoms. The van der Waals surface area contributed by atoms with Gasteiger partial charge in [0.25, 0.3) is 0 Å². The number of rotatable bonds is 0. The molecule has 0 aromatic carbocycles. The maximum atomic E-state index is 7.57. The Morgan fingerprint density at radius 3 is 1.08 bits per heavy atom. The third-order valence-corrected chi connectivity index (χ3v) is 4.00. The second-order valence-corrected chi connectivity index (χ2v) is 5.19. The first-order valence-corrected chi connectivity index (χ1v) is 5.92. The largest absolute Gasteiger partial charge is 0.397 e. The molecule has 0 amide bonds. The fraction of sp³-hybridized carbons (Fsp3) is 1.00. The van der Waals surface area contributed by atoms with Crippen molar-refractivity contribution in [3.8, 4) is 0 Å². The van der Waals surface area contributed by atoms with Crippen molar-refractivity contribution in [2.24, 2.45) is 23.7 Å². The molecule has 4 saturated carbocycles. The van der Waals surface area contributed by atoms with E-state index in [1.165, 1.54) is 23.7 Å². The van der Waals surface area contributed by atoms with Crippen LogP contribution in [0.25, 0.3) is 0 Å². The van der Waals surface area contributed by atoms with Crippen molar-refractivity contribution in [3.05, 3.63) is 0 Å². The van der Waals surface area contributed by atoms with Crippen LogP contribution < -0.4 is 0 Å². The summed E-state index contributed by atoms with van der Waals surface area (Å²) >= 11 is 0. The van der Waals surface area contributed by atoms with Gasteiger partial charge in [0.05, 0.1) is 0 Å². The van der Waals surface area contributed by atoms with Gasteiger partial charge in [-0.25, -0.2) is 0 Å². The molecule has 0 aromatic heterocycles. The SMILES string of the molecule is C1C2CC3CC1CC(C2)C3.CCO. The van der Waals surface area contributed by atoms with Gasteiger partial charge >= 0.3 is 0 Å². The summed E-state index contributed by atoms with van der Waals surface area (Å²) in [5, 5.41) is 7.57. The highest BCUT2D eigenvalue weighted by Crippen LogP contribution is 2.53. The Morgan fingerprint density at radius 1 is 0.769 bits per heavy atom. The van der Waals surface area contributed by atoms with Crippen LogP contribution in [0.1, 0.15) is 45.4 Å². The summed E-state index contributed by atoms with van der Waals surface area (Å²) in [7, 11) is 0. The van der Waals surface area contributed by atoms with Gasteiger partial charge in [-0.1, -0.05) is 0 Å². The Bertz CT molecular complexity index is 108. The maximum absolute atomic E-state index is 7.57. The Balaban J connectivity index is 0.000000196. The molecule has 76 valence electrons. The van der Waals surface area contributed by atoms with Crippen molar-refractivity contribution in [1.29, 1.82) is 0 Å². The average molecular weight is 182 g/mol. The van der Waals surface area contributed by atoms with Crippen molar-refractivity contribution in [2.75, 3.05) is 6.61 Å². The summed E-state index contributed by atoms with van der Waals surface area (Å²) in [6, 6.07) is 0. The van der Waals surface area contributed by atoms with Crippen LogP contribution in [0.2, 0.25) is 0 Å².